The van der Waals surface area contributed by atoms with Crippen molar-refractivity contribution in [2.45, 2.75) is 12.2 Å². The van der Waals surface area contributed by atoms with E-state index in [1.165, 1.54) is 12.1 Å². The van der Waals surface area contributed by atoms with Crippen LogP contribution in [0.5, 0.6) is 11.5 Å². The Morgan fingerprint density at radius 2 is 0.824 bits per heavy atom. The molecule has 0 saturated heterocycles. The average Bonchev–Trinajstić information content (AvgIpc) is 2.89. The van der Waals surface area contributed by atoms with Crippen molar-refractivity contribution in [1.29, 1.82) is 0 Å². The van der Waals surface area contributed by atoms with E-state index in [0.717, 1.165) is 0 Å². The van der Waals surface area contributed by atoms with Crippen LogP contribution in [-0.4, -0.2) is 22.2 Å². The first kappa shape index (κ1) is 22.9. The Labute approximate surface area is 196 Å². The van der Waals surface area contributed by atoms with Gasteiger partial charge < -0.3 is 19.7 Å². The van der Waals surface area contributed by atoms with Gasteiger partial charge in [0, 0.05) is 11.1 Å². The van der Waals surface area contributed by atoms with Crippen LogP contribution in [0.3, 0.4) is 0 Å². The van der Waals surface area contributed by atoms with Crippen LogP contribution in [0.1, 0.15) is 44.1 Å². The third-order valence-electron chi connectivity index (χ3n) is 5.20. The molecule has 4 aromatic rings. The summed E-state index contributed by atoms with van der Waals surface area (Å²) in [5.74, 6) is -0.956. The van der Waals surface area contributed by atoms with Crippen molar-refractivity contribution in [2.24, 2.45) is 0 Å². The van der Waals surface area contributed by atoms with E-state index in [4.69, 9.17) is 9.47 Å². The summed E-state index contributed by atoms with van der Waals surface area (Å²) in [6.07, 6.45) is -2.92. The number of aliphatic hydroxyl groups excluding tert-OH is 2. The quantitative estimate of drug-likeness (QED) is 0.305. The van der Waals surface area contributed by atoms with Crippen LogP contribution in [0.25, 0.3) is 0 Å². The van der Waals surface area contributed by atoms with Crippen LogP contribution in [-0.2, 0) is 0 Å². The number of rotatable bonds is 7. The van der Waals surface area contributed by atoms with E-state index in [-0.39, 0.29) is 22.6 Å². The predicted octanol–water partition coefficient (Wildman–Crippen LogP) is 4.89. The van der Waals surface area contributed by atoms with Gasteiger partial charge in [-0.3, -0.25) is 0 Å². The van der Waals surface area contributed by atoms with Gasteiger partial charge in [-0.05, 0) is 36.4 Å². The molecule has 170 valence electrons. The number of benzene rings is 4. The van der Waals surface area contributed by atoms with E-state index in [1.54, 1.807) is 97.1 Å². The molecule has 2 atom stereocenters. The molecule has 6 heteroatoms. The molecule has 0 heterocycles. The van der Waals surface area contributed by atoms with Gasteiger partial charge in [-0.15, -0.1) is 0 Å². The van der Waals surface area contributed by atoms with E-state index in [1.807, 2.05) is 0 Å². The van der Waals surface area contributed by atoms with Gasteiger partial charge in [-0.2, -0.15) is 0 Å². The lowest BCUT2D eigenvalue weighted by Gasteiger charge is -2.22. The molecule has 0 bridgehead atoms. The third kappa shape index (κ3) is 5.20. The van der Waals surface area contributed by atoms with Crippen LogP contribution in [0.4, 0.5) is 0 Å². The lowest BCUT2D eigenvalue weighted by atomic mass is 9.97. The summed E-state index contributed by atoms with van der Waals surface area (Å²) in [4.78, 5) is 25.0. The molecule has 0 unspecified atom stereocenters. The molecule has 0 amide bonds. The molecule has 6 nitrogen and oxygen atoms in total. The summed E-state index contributed by atoms with van der Waals surface area (Å²) in [6, 6.07) is 29.7. The lowest BCUT2D eigenvalue weighted by Crippen LogP contribution is -2.16. The fourth-order valence-electron chi connectivity index (χ4n) is 3.44. The van der Waals surface area contributed by atoms with Crippen molar-refractivity contribution >= 4 is 11.9 Å². The SMILES string of the molecule is O=C(Oc1ccccc1[C@H](O)[C@@H](O)c1ccccc1OC(=O)c1ccccc1)c1ccccc1. The maximum Gasteiger partial charge on any atom is 0.343 e. The second kappa shape index (κ2) is 10.6. The van der Waals surface area contributed by atoms with Gasteiger partial charge in [-0.1, -0.05) is 72.8 Å². The van der Waals surface area contributed by atoms with Gasteiger partial charge >= 0.3 is 11.9 Å². The van der Waals surface area contributed by atoms with Gasteiger partial charge in [0.05, 0.1) is 11.1 Å². The fourth-order valence-corrected chi connectivity index (χ4v) is 3.44. The number of ether oxygens (including phenoxy) is 2. The summed E-state index contributed by atoms with van der Waals surface area (Å²) in [5, 5.41) is 22.0. The van der Waals surface area contributed by atoms with Crippen LogP contribution in [0.15, 0.2) is 109 Å². The van der Waals surface area contributed by atoms with Gasteiger partial charge in [0.1, 0.15) is 23.7 Å². The van der Waals surface area contributed by atoms with E-state index in [0.29, 0.717) is 11.1 Å². The van der Waals surface area contributed by atoms with Gasteiger partial charge in [-0.25, -0.2) is 9.59 Å². The molecular weight excluding hydrogens is 432 g/mol. The summed E-state index contributed by atoms with van der Waals surface area (Å²) in [7, 11) is 0. The van der Waals surface area contributed by atoms with Crippen molar-refractivity contribution in [3.63, 3.8) is 0 Å². The Hall–Kier alpha value is -4.26. The molecule has 0 fully saturated rings. The number of carbonyl (C=O) groups is 2. The van der Waals surface area contributed by atoms with Crippen molar-refractivity contribution in [3.8, 4) is 11.5 Å². The molecule has 0 aliphatic rings. The Balaban J connectivity index is 1.57. The topological polar surface area (TPSA) is 93.1 Å². The predicted molar refractivity (Wildman–Crippen MR) is 126 cm³/mol. The highest BCUT2D eigenvalue weighted by atomic mass is 16.5. The minimum Gasteiger partial charge on any atom is -0.423 e. The molecule has 0 aliphatic heterocycles. The Kier molecular flexibility index (Phi) is 7.13. The summed E-state index contributed by atoms with van der Waals surface area (Å²) >= 11 is 0. The molecule has 34 heavy (non-hydrogen) atoms. The first-order valence-electron chi connectivity index (χ1n) is 10.6. The maximum atomic E-state index is 12.5. The van der Waals surface area contributed by atoms with Crippen molar-refractivity contribution in [3.05, 3.63) is 131 Å². The van der Waals surface area contributed by atoms with Crippen molar-refractivity contribution in [1.82, 2.24) is 0 Å². The standard InChI is InChI=1S/C28H22O6/c29-25(21-15-7-9-17-23(21)33-27(31)19-11-3-1-4-12-19)26(30)22-16-8-10-18-24(22)34-28(32)20-13-5-2-6-14-20/h1-18,25-26,29-30H/t25-,26-/m0/s1. The first-order chi connectivity index (χ1) is 16.5. The lowest BCUT2D eigenvalue weighted by molar-refractivity contribution is 0.0138. The highest BCUT2D eigenvalue weighted by molar-refractivity contribution is 5.91. The van der Waals surface area contributed by atoms with Crippen molar-refractivity contribution < 1.29 is 29.3 Å². The first-order valence-corrected chi connectivity index (χ1v) is 10.6. The molecule has 0 aromatic heterocycles. The zero-order chi connectivity index (χ0) is 23.9. The maximum absolute atomic E-state index is 12.5. The minimum atomic E-state index is -1.46. The number of aliphatic hydroxyl groups is 2. The van der Waals surface area contributed by atoms with E-state index >= 15 is 0 Å². The molecular formula is C28H22O6. The number of esters is 2. The summed E-state index contributed by atoms with van der Waals surface area (Å²) in [6.45, 7) is 0. The Bertz CT molecular complexity index is 1170. The van der Waals surface area contributed by atoms with Crippen LogP contribution >= 0.6 is 0 Å². The molecule has 0 radical (unpaired) electrons. The monoisotopic (exact) mass is 454 g/mol. The van der Waals surface area contributed by atoms with Crippen LogP contribution in [0, 0.1) is 0 Å². The largest absolute Gasteiger partial charge is 0.423 e. The average molecular weight is 454 g/mol. The second-order valence-corrected chi connectivity index (χ2v) is 7.48. The number of hydrogen-bond acceptors (Lipinski definition) is 6. The number of para-hydroxylation sites is 2. The van der Waals surface area contributed by atoms with Gasteiger partial charge in [0.2, 0.25) is 0 Å². The molecule has 4 rings (SSSR count). The molecule has 0 aliphatic carbocycles. The molecule has 0 saturated carbocycles. The zero-order valence-corrected chi connectivity index (χ0v) is 18.1. The fraction of sp³-hybridized carbons (Fsp3) is 0.0714. The highest BCUT2D eigenvalue weighted by Gasteiger charge is 2.27. The highest BCUT2D eigenvalue weighted by Crippen LogP contribution is 2.38. The Morgan fingerprint density at radius 1 is 0.500 bits per heavy atom. The van der Waals surface area contributed by atoms with Gasteiger partial charge in [0.25, 0.3) is 0 Å². The normalized spacial score (nSPS) is 12.4. The van der Waals surface area contributed by atoms with Gasteiger partial charge in [0.15, 0.2) is 0 Å². The smallest absolute Gasteiger partial charge is 0.343 e. The zero-order valence-electron chi connectivity index (χ0n) is 18.1. The van der Waals surface area contributed by atoms with E-state index < -0.39 is 24.1 Å². The number of carbonyl (C=O) groups excluding carboxylic acids is 2. The molecule has 0 spiro atoms. The molecule has 4 aromatic carbocycles. The van der Waals surface area contributed by atoms with Crippen LogP contribution in [0.2, 0.25) is 0 Å². The number of hydrogen-bond donors (Lipinski definition) is 2. The van der Waals surface area contributed by atoms with E-state index in [9.17, 15) is 19.8 Å². The third-order valence-corrected chi connectivity index (χ3v) is 5.20. The summed E-state index contributed by atoms with van der Waals surface area (Å²) < 4.78 is 11.0. The van der Waals surface area contributed by atoms with E-state index in [2.05, 4.69) is 0 Å². The summed E-state index contributed by atoms with van der Waals surface area (Å²) in [5.41, 5.74) is 1.13. The Morgan fingerprint density at radius 3 is 1.21 bits per heavy atom. The van der Waals surface area contributed by atoms with Crippen molar-refractivity contribution in [2.75, 3.05) is 0 Å². The van der Waals surface area contributed by atoms with Crippen LogP contribution < -0.4 is 9.47 Å². The minimum absolute atomic E-state index is 0.113. The molecule has 2 N–H and O–H groups in total. The second-order valence-electron chi connectivity index (χ2n) is 7.48.